The van der Waals surface area contributed by atoms with Crippen LogP contribution in [-0.2, 0) is 14.8 Å². The summed E-state index contributed by atoms with van der Waals surface area (Å²) in [6, 6.07) is 12.6. The van der Waals surface area contributed by atoms with E-state index in [2.05, 4.69) is 5.32 Å². The predicted molar refractivity (Wildman–Crippen MR) is 110 cm³/mol. The second kappa shape index (κ2) is 9.36. The molecule has 30 heavy (non-hydrogen) atoms. The summed E-state index contributed by atoms with van der Waals surface area (Å²) >= 11 is 0. The SMILES string of the molecule is C[C@@H](NC(=O)c1ccccc1)C(=O)N1CCCN(S(=O)(=O)c2ccc(F)cc2)CC1. The Hall–Kier alpha value is -2.78. The smallest absolute Gasteiger partial charge is 0.251 e. The van der Waals surface area contributed by atoms with Crippen LogP contribution in [0.5, 0.6) is 0 Å². The van der Waals surface area contributed by atoms with Gasteiger partial charge in [-0.2, -0.15) is 4.31 Å². The summed E-state index contributed by atoms with van der Waals surface area (Å²) in [7, 11) is -3.77. The van der Waals surface area contributed by atoms with Crippen LogP contribution in [0.3, 0.4) is 0 Å². The van der Waals surface area contributed by atoms with E-state index >= 15 is 0 Å². The molecule has 1 saturated heterocycles. The van der Waals surface area contributed by atoms with Gasteiger partial charge in [0.05, 0.1) is 4.90 Å². The van der Waals surface area contributed by atoms with Crippen molar-refractivity contribution in [3.8, 4) is 0 Å². The number of sulfonamides is 1. The van der Waals surface area contributed by atoms with Gasteiger partial charge in [0.1, 0.15) is 11.9 Å². The van der Waals surface area contributed by atoms with Crippen LogP contribution in [0.2, 0.25) is 0 Å². The van der Waals surface area contributed by atoms with Crippen molar-refractivity contribution >= 4 is 21.8 Å². The Morgan fingerprint density at radius 1 is 0.967 bits per heavy atom. The van der Waals surface area contributed by atoms with Crippen LogP contribution in [0.4, 0.5) is 4.39 Å². The lowest BCUT2D eigenvalue weighted by atomic mass is 10.2. The van der Waals surface area contributed by atoms with E-state index in [-0.39, 0.29) is 36.3 Å². The zero-order valence-corrected chi connectivity index (χ0v) is 17.4. The fourth-order valence-corrected chi connectivity index (χ4v) is 4.78. The van der Waals surface area contributed by atoms with Gasteiger partial charge in [-0.15, -0.1) is 0 Å². The quantitative estimate of drug-likeness (QED) is 0.780. The van der Waals surface area contributed by atoms with Crippen molar-refractivity contribution in [1.29, 1.82) is 0 Å². The van der Waals surface area contributed by atoms with E-state index in [4.69, 9.17) is 0 Å². The first-order valence-electron chi connectivity index (χ1n) is 9.69. The molecule has 1 heterocycles. The fraction of sp³-hybridized carbons (Fsp3) is 0.333. The van der Waals surface area contributed by atoms with Gasteiger partial charge in [-0.1, -0.05) is 18.2 Å². The van der Waals surface area contributed by atoms with Crippen molar-refractivity contribution < 1.29 is 22.4 Å². The van der Waals surface area contributed by atoms with E-state index in [9.17, 15) is 22.4 Å². The molecule has 9 heteroatoms. The molecular weight excluding hydrogens is 409 g/mol. The van der Waals surface area contributed by atoms with E-state index in [0.717, 1.165) is 12.1 Å². The number of rotatable bonds is 5. The zero-order chi connectivity index (χ0) is 21.7. The highest BCUT2D eigenvalue weighted by Crippen LogP contribution is 2.18. The predicted octanol–water partition coefficient (Wildman–Crippen LogP) is 1.87. The van der Waals surface area contributed by atoms with Crippen LogP contribution in [0, 0.1) is 5.82 Å². The molecule has 1 N–H and O–H groups in total. The summed E-state index contributed by atoms with van der Waals surface area (Å²) in [5.74, 6) is -1.11. The minimum atomic E-state index is -3.77. The van der Waals surface area contributed by atoms with Gasteiger partial charge in [-0.3, -0.25) is 9.59 Å². The molecular formula is C21H24FN3O4S. The number of hydrogen-bond donors (Lipinski definition) is 1. The lowest BCUT2D eigenvalue weighted by Crippen LogP contribution is -2.48. The molecule has 1 fully saturated rings. The molecule has 7 nitrogen and oxygen atoms in total. The maximum atomic E-state index is 13.1. The van der Waals surface area contributed by atoms with Crippen molar-refractivity contribution in [3.63, 3.8) is 0 Å². The highest BCUT2D eigenvalue weighted by atomic mass is 32.2. The molecule has 2 amide bonds. The normalized spacial score (nSPS) is 16.5. The molecule has 3 rings (SSSR count). The standard InChI is InChI=1S/C21H24FN3O4S/c1-16(23-20(26)17-6-3-2-4-7-17)21(27)24-12-5-13-25(15-14-24)30(28,29)19-10-8-18(22)9-11-19/h2-4,6-11,16H,5,12-15H2,1H3,(H,23,26)/t16-/m1/s1. The van der Waals surface area contributed by atoms with Gasteiger partial charge < -0.3 is 10.2 Å². The number of nitrogens with one attached hydrogen (secondary N) is 1. The second-order valence-electron chi connectivity index (χ2n) is 7.10. The number of benzene rings is 2. The summed E-state index contributed by atoms with van der Waals surface area (Å²) in [5, 5.41) is 2.69. The molecule has 2 aromatic rings. The lowest BCUT2D eigenvalue weighted by Gasteiger charge is -2.25. The molecule has 0 unspecified atom stereocenters. The van der Waals surface area contributed by atoms with Gasteiger partial charge >= 0.3 is 0 Å². The molecule has 0 aromatic heterocycles. The van der Waals surface area contributed by atoms with Gasteiger partial charge in [-0.05, 0) is 49.7 Å². The molecule has 1 aliphatic heterocycles. The van der Waals surface area contributed by atoms with Crippen molar-refractivity contribution in [2.75, 3.05) is 26.2 Å². The average molecular weight is 434 g/mol. The van der Waals surface area contributed by atoms with Gasteiger partial charge in [0.15, 0.2) is 0 Å². The topological polar surface area (TPSA) is 86.8 Å². The Kier molecular flexibility index (Phi) is 6.84. The number of carbonyl (C=O) groups is 2. The molecule has 160 valence electrons. The van der Waals surface area contributed by atoms with Gasteiger partial charge in [0, 0.05) is 31.7 Å². The van der Waals surface area contributed by atoms with Crippen molar-refractivity contribution in [3.05, 3.63) is 66.0 Å². The summed E-state index contributed by atoms with van der Waals surface area (Å²) < 4.78 is 40.0. The molecule has 0 saturated carbocycles. The van der Waals surface area contributed by atoms with Crippen LogP contribution in [0.1, 0.15) is 23.7 Å². The third-order valence-electron chi connectivity index (χ3n) is 4.97. The molecule has 0 aliphatic carbocycles. The second-order valence-corrected chi connectivity index (χ2v) is 9.04. The van der Waals surface area contributed by atoms with Crippen LogP contribution in [0.25, 0.3) is 0 Å². The van der Waals surface area contributed by atoms with Crippen molar-refractivity contribution in [2.45, 2.75) is 24.3 Å². The van der Waals surface area contributed by atoms with Crippen LogP contribution in [-0.4, -0.2) is 61.7 Å². The highest BCUT2D eigenvalue weighted by Gasteiger charge is 2.30. The van der Waals surface area contributed by atoms with E-state index in [1.165, 1.54) is 16.4 Å². The molecule has 0 radical (unpaired) electrons. The van der Waals surface area contributed by atoms with E-state index < -0.39 is 21.9 Å². The Balaban J connectivity index is 1.62. The molecule has 2 aromatic carbocycles. The van der Waals surface area contributed by atoms with Crippen LogP contribution >= 0.6 is 0 Å². The van der Waals surface area contributed by atoms with Crippen LogP contribution < -0.4 is 5.32 Å². The molecule has 1 atom stereocenters. The molecule has 0 bridgehead atoms. The summed E-state index contributed by atoms with van der Waals surface area (Å²) in [5.41, 5.74) is 0.463. The van der Waals surface area contributed by atoms with Crippen molar-refractivity contribution in [2.24, 2.45) is 0 Å². The largest absolute Gasteiger partial charge is 0.341 e. The first-order chi connectivity index (χ1) is 14.3. The third kappa shape index (κ3) is 5.03. The number of nitrogens with zero attached hydrogens (tertiary/aromatic N) is 2. The summed E-state index contributed by atoms with van der Waals surface area (Å²) in [6.07, 6.45) is 0.464. The Bertz CT molecular complexity index is 997. The van der Waals surface area contributed by atoms with Gasteiger partial charge in [-0.25, -0.2) is 12.8 Å². The summed E-state index contributed by atoms with van der Waals surface area (Å²) in [6.45, 7) is 2.60. The fourth-order valence-electron chi connectivity index (χ4n) is 3.32. The Morgan fingerprint density at radius 2 is 1.63 bits per heavy atom. The van der Waals surface area contributed by atoms with Gasteiger partial charge in [0.25, 0.3) is 5.91 Å². The lowest BCUT2D eigenvalue weighted by molar-refractivity contribution is -0.132. The number of amides is 2. The van der Waals surface area contributed by atoms with E-state index in [1.807, 2.05) is 0 Å². The Labute approximate surface area is 175 Å². The van der Waals surface area contributed by atoms with Gasteiger partial charge in [0.2, 0.25) is 15.9 Å². The molecule has 0 spiro atoms. The van der Waals surface area contributed by atoms with E-state index in [1.54, 1.807) is 42.2 Å². The summed E-state index contributed by atoms with van der Waals surface area (Å²) in [4.78, 5) is 26.6. The highest BCUT2D eigenvalue weighted by molar-refractivity contribution is 7.89. The first kappa shape index (κ1) is 21.9. The minimum Gasteiger partial charge on any atom is -0.341 e. The van der Waals surface area contributed by atoms with Crippen molar-refractivity contribution in [1.82, 2.24) is 14.5 Å². The maximum Gasteiger partial charge on any atom is 0.251 e. The first-order valence-corrected chi connectivity index (χ1v) is 11.1. The third-order valence-corrected chi connectivity index (χ3v) is 6.88. The minimum absolute atomic E-state index is 0.0205. The average Bonchev–Trinajstić information content (AvgIpc) is 3.01. The number of hydrogen-bond acceptors (Lipinski definition) is 4. The maximum absolute atomic E-state index is 13.1. The Morgan fingerprint density at radius 3 is 2.30 bits per heavy atom. The van der Waals surface area contributed by atoms with Crippen LogP contribution in [0.15, 0.2) is 59.5 Å². The zero-order valence-electron chi connectivity index (χ0n) is 16.6. The van der Waals surface area contributed by atoms with E-state index in [0.29, 0.717) is 18.5 Å². The molecule has 1 aliphatic rings. The monoisotopic (exact) mass is 433 g/mol. The number of carbonyl (C=O) groups excluding carboxylic acids is 2. The number of halogens is 1.